The minimum Gasteiger partial charge on any atom is -0.508 e. The molecule has 0 unspecified atom stereocenters. The first-order valence-corrected chi connectivity index (χ1v) is 14.8. The molecule has 43 heavy (non-hydrogen) atoms. The molecule has 1 saturated heterocycles. The number of piperidine rings is 1. The van der Waals surface area contributed by atoms with Crippen LogP contribution >= 0.6 is 0 Å². The molecule has 3 aliphatic heterocycles. The molecular formula is C32H38N4O7. The first kappa shape index (κ1) is 29.1. The van der Waals surface area contributed by atoms with E-state index in [0.717, 1.165) is 42.4 Å². The van der Waals surface area contributed by atoms with Crippen molar-refractivity contribution < 1.29 is 29.3 Å². The van der Waals surface area contributed by atoms with Crippen molar-refractivity contribution in [2.24, 2.45) is 0 Å². The van der Waals surface area contributed by atoms with Crippen LogP contribution in [0, 0.1) is 0 Å². The summed E-state index contributed by atoms with van der Waals surface area (Å²) in [7, 11) is 1.78. The van der Waals surface area contributed by atoms with E-state index in [0.29, 0.717) is 23.4 Å². The number of carbonyl (C=O) groups is 2. The summed E-state index contributed by atoms with van der Waals surface area (Å²) in [6, 6.07) is 7.15. The van der Waals surface area contributed by atoms with Gasteiger partial charge in [-0.3, -0.25) is 9.69 Å². The van der Waals surface area contributed by atoms with Gasteiger partial charge in [0.15, 0.2) is 5.60 Å². The van der Waals surface area contributed by atoms with Gasteiger partial charge in [0, 0.05) is 54.8 Å². The van der Waals surface area contributed by atoms with E-state index < -0.39 is 17.2 Å². The number of cyclic esters (lactones) is 1. The van der Waals surface area contributed by atoms with Gasteiger partial charge in [0.2, 0.25) is 0 Å². The number of aromatic nitrogens is 2. The Morgan fingerprint density at radius 3 is 2.60 bits per heavy atom. The third-order valence-electron chi connectivity index (χ3n) is 8.95. The van der Waals surface area contributed by atoms with Crippen LogP contribution in [0.5, 0.6) is 5.75 Å². The van der Waals surface area contributed by atoms with E-state index in [2.05, 4.69) is 4.90 Å². The number of benzene rings is 1. The number of carbonyl (C=O) groups excluding carboxylic acids is 2. The molecule has 0 bridgehead atoms. The van der Waals surface area contributed by atoms with Gasteiger partial charge in [-0.25, -0.2) is 14.6 Å². The fraction of sp³-hybridized carbons (Fsp3) is 0.500. The van der Waals surface area contributed by atoms with Gasteiger partial charge in [-0.2, -0.15) is 0 Å². The highest BCUT2D eigenvalue weighted by Crippen LogP contribution is 2.40. The molecular weight excluding hydrogens is 552 g/mol. The number of rotatable bonds is 4. The van der Waals surface area contributed by atoms with Gasteiger partial charge in [0.05, 0.1) is 29.0 Å². The van der Waals surface area contributed by atoms with Crippen molar-refractivity contribution in [3.05, 3.63) is 56.9 Å². The summed E-state index contributed by atoms with van der Waals surface area (Å²) in [5, 5.41) is 22.8. The molecule has 0 aliphatic carbocycles. The van der Waals surface area contributed by atoms with E-state index in [1.165, 1.54) is 0 Å². The predicted octanol–water partition coefficient (Wildman–Crippen LogP) is 3.62. The van der Waals surface area contributed by atoms with Crippen molar-refractivity contribution in [1.29, 1.82) is 0 Å². The number of likely N-dealkylation sites (tertiary alicyclic amines) is 1. The van der Waals surface area contributed by atoms with Crippen LogP contribution in [-0.4, -0.2) is 73.4 Å². The Morgan fingerprint density at radius 1 is 1.21 bits per heavy atom. The highest BCUT2D eigenvalue weighted by molar-refractivity contribution is 5.89. The standard InChI is InChI=1S/C32H38N4O7/c1-6-32(41)23-14-25-27-18(15-36(25)28(38)22(23)17-42-29(32)39)13-20-21(26(37)8-7-24(20)33-27)16-35-11-9-19(10-12-35)34(5)30(40)43-31(2,3)4/h7-8,13-14,19,37,41H,6,9-12,15-17H2,1-5H3/t32-/m0/s1. The second-order valence-corrected chi connectivity index (χ2v) is 12.8. The van der Waals surface area contributed by atoms with Crippen molar-refractivity contribution in [2.45, 2.75) is 83.9 Å². The Balaban J connectivity index is 1.27. The molecule has 228 valence electrons. The van der Waals surface area contributed by atoms with E-state index in [1.54, 1.807) is 41.6 Å². The van der Waals surface area contributed by atoms with E-state index >= 15 is 0 Å². The van der Waals surface area contributed by atoms with Crippen LogP contribution in [0.4, 0.5) is 4.79 Å². The Bertz CT molecular complexity index is 1700. The summed E-state index contributed by atoms with van der Waals surface area (Å²) in [4.78, 5) is 47.4. The van der Waals surface area contributed by atoms with Gasteiger partial charge < -0.3 is 29.2 Å². The normalized spacial score (nSPS) is 20.4. The number of phenols is 1. The lowest BCUT2D eigenvalue weighted by molar-refractivity contribution is -0.172. The lowest BCUT2D eigenvalue weighted by Gasteiger charge is -2.37. The number of aliphatic hydroxyl groups is 1. The summed E-state index contributed by atoms with van der Waals surface area (Å²) < 4.78 is 12.3. The van der Waals surface area contributed by atoms with E-state index in [1.807, 2.05) is 26.8 Å². The molecule has 11 heteroatoms. The number of phenolic OH excluding ortho intramolecular Hbond substituents is 1. The third kappa shape index (κ3) is 4.94. The number of hydrogen-bond acceptors (Lipinski definition) is 9. The Morgan fingerprint density at radius 2 is 1.93 bits per heavy atom. The molecule has 0 radical (unpaired) electrons. The van der Waals surface area contributed by atoms with Crippen molar-refractivity contribution in [2.75, 3.05) is 20.1 Å². The molecule has 1 fully saturated rings. The number of aromatic hydroxyl groups is 1. The van der Waals surface area contributed by atoms with Crippen molar-refractivity contribution in [3.8, 4) is 17.1 Å². The highest BCUT2D eigenvalue weighted by Gasteiger charge is 2.45. The largest absolute Gasteiger partial charge is 0.508 e. The van der Waals surface area contributed by atoms with Crippen LogP contribution in [0.15, 0.2) is 29.1 Å². The predicted molar refractivity (Wildman–Crippen MR) is 158 cm³/mol. The van der Waals surface area contributed by atoms with Gasteiger partial charge in [-0.1, -0.05) is 6.92 Å². The van der Waals surface area contributed by atoms with Gasteiger partial charge >= 0.3 is 12.1 Å². The number of hydrogen-bond donors (Lipinski definition) is 2. The van der Waals surface area contributed by atoms with Gasteiger partial charge in [-0.15, -0.1) is 0 Å². The zero-order valence-electron chi connectivity index (χ0n) is 25.3. The summed E-state index contributed by atoms with van der Waals surface area (Å²) in [6.45, 7) is 9.37. The minimum absolute atomic E-state index is 0.0749. The SMILES string of the molecule is CC[C@@]1(O)C(=O)OCc2c1cc1n(c2=O)Cc2cc3c(CN4CCC(N(C)C(=O)OC(C)(C)C)CC4)c(O)ccc3nc2-1. The molecule has 0 saturated carbocycles. The number of nitrogens with zero attached hydrogens (tertiary/aromatic N) is 4. The van der Waals surface area contributed by atoms with Crippen LogP contribution in [0.1, 0.15) is 69.2 Å². The zero-order valence-corrected chi connectivity index (χ0v) is 25.3. The number of amides is 1. The maximum atomic E-state index is 13.5. The van der Waals surface area contributed by atoms with Crippen molar-refractivity contribution in [1.82, 2.24) is 19.4 Å². The molecule has 2 N–H and O–H groups in total. The number of ether oxygens (including phenoxy) is 2. The molecule has 1 atom stereocenters. The van der Waals surface area contributed by atoms with Crippen molar-refractivity contribution >= 4 is 23.0 Å². The second-order valence-electron chi connectivity index (χ2n) is 12.8. The van der Waals surface area contributed by atoms with Crippen molar-refractivity contribution in [3.63, 3.8) is 0 Å². The maximum absolute atomic E-state index is 13.5. The summed E-state index contributed by atoms with van der Waals surface area (Å²) in [5.41, 5.74) is 1.25. The number of pyridine rings is 2. The third-order valence-corrected chi connectivity index (χ3v) is 8.95. The van der Waals surface area contributed by atoms with Crippen LogP contribution in [0.3, 0.4) is 0 Å². The molecule has 3 aromatic rings. The van der Waals surface area contributed by atoms with Crippen LogP contribution < -0.4 is 5.56 Å². The average molecular weight is 591 g/mol. The van der Waals surface area contributed by atoms with E-state index in [4.69, 9.17) is 14.5 Å². The molecule has 0 spiro atoms. The molecule has 2 aromatic heterocycles. The van der Waals surface area contributed by atoms with Gasteiger partial charge in [-0.05, 0) is 64.3 Å². The summed E-state index contributed by atoms with van der Waals surface area (Å²) in [6.07, 6.45) is 1.33. The number of fused-ring (bicyclic) bond motifs is 5. The average Bonchev–Trinajstić information content (AvgIpc) is 3.33. The Hall–Kier alpha value is -3.96. The van der Waals surface area contributed by atoms with Gasteiger partial charge in [0.1, 0.15) is 18.0 Å². The fourth-order valence-corrected chi connectivity index (χ4v) is 6.44. The summed E-state index contributed by atoms with van der Waals surface area (Å²) >= 11 is 0. The quantitative estimate of drug-likeness (QED) is 0.342. The zero-order chi connectivity index (χ0) is 30.8. The van der Waals surface area contributed by atoms with Crippen LogP contribution in [0.2, 0.25) is 0 Å². The maximum Gasteiger partial charge on any atom is 0.410 e. The Kier molecular flexibility index (Phi) is 7.00. The topological polar surface area (TPSA) is 134 Å². The van der Waals surface area contributed by atoms with E-state index in [-0.39, 0.29) is 54.1 Å². The molecule has 11 nitrogen and oxygen atoms in total. The number of esters is 1. The second kappa shape index (κ2) is 10.3. The van der Waals surface area contributed by atoms with Crippen LogP contribution in [-0.2, 0) is 39.6 Å². The summed E-state index contributed by atoms with van der Waals surface area (Å²) in [5.74, 6) is -0.578. The smallest absolute Gasteiger partial charge is 0.410 e. The first-order chi connectivity index (χ1) is 20.3. The highest BCUT2D eigenvalue weighted by atomic mass is 16.6. The fourth-order valence-electron chi connectivity index (χ4n) is 6.44. The molecule has 1 aromatic carbocycles. The van der Waals surface area contributed by atoms with Gasteiger partial charge in [0.25, 0.3) is 5.56 Å². The molecule has 5 heterocycles. The Labute approximate surface area is 249 Å². The minimum atomic E-state index is -1.88. The first-order valence-electron chi connectivity index (χ1n) is 14.8. The lowest BCUT2D eigenvalue weighted by atomic mass is 9.86. The van der Waals surface area contributed by atoms with E-state index in [9.17, 15) is 24.6 Å². The molecule has 3 aliphatic rings. The molecule has 6 rings (SSSR count). The molecule has 1 amide bonds. The lowest BCUT2D eigenvalue weighted by Crippen LogP contribution is -2.46. The monoisotopic (exact) mass is 590 g/mol. The van der Waals surface area contributed by atoms with Crippen LogP contribution in [0.25, 0.3) is 22.3 Å².